The van der Waals surface area contributed by atoms with Crippen molar-refractivity contribution in [2.45, 2.75) is 31.9 Å². The van der Waals surface area contributed by atoms with E-state index in [4.69, 9.17) is 9.84 Å². The van der Waals surface area contributed by atoms with E-state index in [2.05, 4.69) is 5.32 Å². The molecule has 0 bridgehead atoms. The number of carbonyl (C=O) groups is 1. The van der Waals surface area contributed by atoms with Crippen molar-refractivity contribution in [2.75, 3.05) is 11.9 Å². The first kappa shape index (κ1) is 11.9. The van der Waals surface area contributed by atoms with E-state index in [0.29, 0.717) is 17.7 Å². The highest BCUT2D eigenvalue weighted by molar-refractivity contribution is 5.88. The van der Waals surface area contributed by atoms with E-state index in [-0.39, 0.29) is 0 Å². The third kappa shape index (κ3) is 2.97. The average molecular weight is 235 g/mol. The molecule has 1 aliphatic rings. The zero-order valence-corrected chi connectivity index (χ0v) is 9.85. The first-order chi connectivity index (χ1) is 8.19. The maximum Gasteiger partial charge on any atom is 0.335 e. The Balaban J connectivity index is 1.88. The SMILES string of the molecule is CCOC1CC(Nc2cccc(C(=O)O)c2)C1. The van der Waals surface area contributed by atoms with Gasteiger partial charge < -0.3 is 15.2 Å². The van der Waals surface area contributed by atoms with Gasteiger partial charge in [-0.15, -0.1) is 0 Å². The van der Waals surface area contributed by atoms with E-state index in [0.717, 1.165) is 25.1 Å². The minimum atomic E-state index is -0.894. The lowest BCUT2D eigenvalue weighted by Gasteiger charge is -2.36. The highest BCUT2D eigenvalue weighted by Crippen LogP contribution is 2.27. The molecule has 4 nitrogen and oxygen atoms in total. The summed E-state index contributed by atoms with van der Waals surface area (Å²) in [5.41, 5.74) is 1.18. The maximum atomic E-state index is 10.8. The minimum absolute atomic E-state index is 0.315. The van der Waals surface area contributed by atoms with Crippen LogP contribution in [0.4, 0.5) is 5.69 Å². The highest BCUT2D eigenvalue weighted by Gasteiger charge is 2.29. The van der Waals surface area contributed by atoms with Gasteiger partial charge in [0.1, 0.15) is 0 Å². The van der Waals surface area contributed by atoms with Crippen molar-refractivity contribution >= 4 is 11.7 Å². The molecule has 1 saturated carbocycles. The van der Waals surface area contributed by atoms with Crippen molar-refractivity contribution in [3.05, 3.63) is 29.8 Å². The van der Waals surface area contributed by atoms with Gasteiger partial charge in [-0.05, 0) is 38.0 Å². The summed E-state index contributed by atoms with van der Waals surface area (Å²) in [6.45, 7) is 2.75. The van der Waals surface area contributed by atoms with Gasteiger partial charge in [-0.25, -0.2) is 4.79 Å². The molecule has 0 amide bonds. The zero-order chi connectivity index (χ0) is 12.3. The fraction of sp³-hybridized carbons (Fsp3) is 0.462. The van der Waals surface area contributed by atoms with Gasteiger partial charge in [-0.1, -0.05) is 6.07 Å². The van der Waals surface area contributed by atoms with Crippen LogP contribution in [0.5, 0.6) is 0 Å². The molecule has 0 atom stereocenters. The van der Waals surface area contributed by atoms with E-state index in [1.165, 1.54) is 0 Å². The predicted molar refractivity (Wildman–Crippen MR) is 65.5 cm³/mol. The van der Waals surface area contributed by atoms with Crippen LogP contribution in [0.25, 0.3) is 0 Å². The Morgan fingerprint density at radius 2 is 2.29 bits per heavy atom. The number of hydrogen-bond acceptors (Lipinski definition) is 3. The Morgan fingerprint density at radius 3 is 2.94 bits per heavy atom. The third-order valence-corrected chi connectivity index (χ3v) is 2.98. The summed E-state index contributed by atoms with van der Waals surface area (Å²) in [4.78, 5) is 10.8. The fourth-order valence-electron chi connectivity index (χ4n) is 2.03. The summed E-state index contributed by atoms with van der Waals surface area (Å²) in [5, 5.41) is 12.2. The molecular formula is C13H17NO3. The Bertz CT molecular complexity index is 399. The summed E-state index contributed by atoms with van der Waals surface area (Å²) in [7, 11) is 0. The quantitative estimate of drug-likeness (QED) is 0.822. The lowest BCUT2D eigenvalue weighted by atomic mass is 9.89. The second kappa shape index (κ2) is 5.19. The van der Waals surface area contributed by atoms with E-state index in [1.807, 2.05) is 13.0 Å². The number of anilines is 1. The molecule has 1 aliphatic carbocycles. The number of ether oxygens (including phenoxy) is 1. The molecule has 0 heterocycles. The van der Waals surface area contributed by atoms with Crippen molar-refractivity contribution in [1.82, 2.24) is 0 Å². The van der Waals surface area contributed by atoms with Crippen molar-refractivity contribution in [3.63, 3.8) is 0 Å². The fourth-order valence-corrected chi connectivity index (χ4v) is 2.03. The van der Waals surface area contributed by atoms with Crippen LogP contribution >= 0.6 is 0 Å². The molecule has 0 aliphatic heterocycles. The number of hydrogen-bond donors (Lipinski definition) is 2. The molecule has 0 saturated heterocycles. The number of carboxylic acid groups (broad SMARTS) is 1. The summed E-state index contributed by atoms with van der Waals surface area (Å²) in [6, 6.07) is 7.30. The van der Waals surface area contributed by atoms with Gasteiger partial charge in [0.25, 0.3) is 0 Å². The Kier molecular flexibility index (Phi) is 3.64. The predicted octanol–water partition coefficient (Wildman–Crippen LogP) is 2.36. The summed E-state index contributed by atoms with van der Waals surface area (Å²) in [5.74, 6) is -0.894. The first-order valence-electron chi connectivity index (χ1n) is 5.90. The Labute approximate surface area is 101 Å². The van der Waals surface area contributed by atoms with Gasteiger partial charge in [0.2, 0.25) is 0 Å². The van der Waals surface area contributed by atoms with Crippen molar-refractivity contribution in [2.24, 2.45) is 0 Å². The monoisotopic (exact) mass is 235 g/mol. The van der Waals surface area contributed by atoms with Gasteiger partial charge >= 0.3 is 5.97 Å². The molecule has 0 aromatic heterocycles. The maximum absolute atomic E-state index is 10.8. The van der Waals surface area contributed by atoms with Crippen LogP contribution in [0, 0.1) is 0 Å². The molecule has 2 rings (SSSR count). The van der Waals surface area contributed by atoms with Gasteiger partial charge in [-0.3, -0.25) is 0 Å². The molecule has 1 aromatic rings. The van der Waals surface area contributed by atoms with Crippen LogP contribution in [0.1, 0.15) is 30.1 Å². The topological polar surface area (TPSA) is 58.6 Å². The molecule has 92 valence electrons. The number of aromatic carboxylic acids is 1. The van der Waals surface area contributed by atoms with E-state index < -0.39 is 5.97 Å². The summed E-state index contributed by atoms with van der Waals surface area (Å²) < 4.78 is 5.47. The van der Waals surface area contributed by atoms with Crippen LogP contribution in [0.15, 0.2) is 24.3 Å². The second-order valence-electron chi connectivity index (χ2n) is 4.28. The Hall–Kier alpha value is -1.55. The van der Waals surface area contributed by atoms with Crippen LogP contribution in [-0.4, -0.2) is 29.8 Å². The first-order valence-corrected chi connectivity index (χ1v) is 5.90. The number of rotatable bonds is 5. The largest absolute Gasteiger partial charge is 0.478 e. The molecule has 0 radical (unpaired) electrons. The van der Waals surface area contributed by atoms with Crippen LogP contribution in [0.3, 0.4) is 0 Å². The average Bonchev–Trinajstić information content (AvgIpc) is 2.27. The van der Waals surface area contributed by atoms with Crippen LogP contribution in [-0.2, 0) is 4.74 Å². The van der Waals surface area contributed by atoms with Gasteiger partial charge in [0, 0.05) is 18.3 Å². The number of carboxylic acids is 1. The Morgan fingerprint density at radius 1 is 1.53 bits per heavy atom. The minimum Gasteiger partial charge on any atom is -0.478 e. The molecule has 2 N–H and O–H groups in total. The lowest BCUT2D eigenvalue weighted by Crippen LogP contribution is -2.40. The smallest absolute Gasteiger partial charge is 0.335 e. The van der Waals surface area contributed by atoms with Crippen LogP contribution < -0.4 is 5.32 Å². The van der Waals surface area contributed by atoms with Crippen molar-refractivity contribution in [3.8, 4) is 0 Å². The number of nitrogens with one attached hydrogen (secondary N) is 1. The van der Waals surface area contributed by atoms with Crippen molar-refractivity contribution in [1.29, 1.82) is 0 Å². The normalized spacial score (nSPS) is 22.9. The summed E-state index contributed by atoms with van der Waals surface area (Å²) in [6.07, 6.45) is 2.34. The molecule has 4 heteroatoms. The standard InChI is InChI=1S/C13H17NO3/c1-2-17-12-7-11(8-12)14-10-5-3-4-9(6-10)13(15)16/h3-6,11-12,14H,2,7-8H2,1H3,(H,15,16). The molecular weight excluding hydrogens is 218 g/mol. The van der Waals surface area contributed by atoms with Crippen LogP contribution in [0.2, 0.25) is 0 Å². The summed E-state index contributed by atoms with van der Waals surface area (Å²) >= 11 is 0. The molecule has 1 aromatic carbocycles. The number of benzene rings is 1. The molecule has 1 fully saturated rings. The van der Waals surface area contributed by atoms with E-state index in [1.54, 1.807) is 18.2 Å². The zero-order valence-electron chi connectivity index (χ0n) is 9.85. The van der Waals surface area contributed by atoms with Gasteiger partial charge in [-0.2, -0.15) is 0 Å². The molecule has 17 heavy (non-hydrogen) atoms. The van der Waals surface area contributed by atoms with Gasteiger partial charge in [0.15, 0.2) is 0 Å². The van der Waals surface area contributed by atoms with Gasteiger partial charge in [0.05, 0.1) is 11.7 Å². The third-order valence-electron chi connectivity index (χ3n) is 2.98. The second-order valence-corrected chi connectivity index (χ2v) is 4.28. The van der Waals surface area contributed by atoms with E-state index in [9.17, 15) is 4.79 Å². The molecule has 0 unspecified atom stereocenters. The van der Waals surface area contributed by atoms with Crippen molar-refractivity contribution < 1.29 is 14.6 Å². The van der Waals surface area contributed by atoms with E-state index >= 15 is 0 Å². The molecule has 0 spiro atoms. The highest BCUT2D eigenvalue weighted by atomic mass is 16.5. The lowest BCUT2D eigenvalue weighted by molar-refractivity contribution is 0.00298.